The van der Waals surface area contributed by atoms with Crippen LogP contribution in [0.5, 0.6) is 0 Å². The van der Waals surface area contributed by atoms with Crippen molar-refractivity contribution in [3.63, 3.8) is 0 Å². The highest BCUT2D eigenvalue weighted by Gasteiger charge is 2.23. The third-order valence-electron chi connectivity index (χ3n) is 3.41. The molecule has 0 saturated heterocycles. The Labute approximate surface area is 137 Å². The lowest BCUT2D eigenvalue weighted by atomic mass is 10.2. The molecule has 116 valence electrons. The molecule has 1 aromatic carbocycles. The third kappa shape index (κ3) is 3.26. The zero-order chi connectivity index (χ0) is 15.5. The van der Waals surface area contributed by atoms with Crippen LogP contribution in [0.2, 0.25) is 5.02 Å². The molecule has 0 unspecified atom stereocenters. The summed E-state index contributed by atoms with van der Waals surface area (Å²) in [6.45, 7) is 1.38. The number of carboxylic acids is 1. The van der Waals surface area contributed by atoms with Crippen molar-refractivity contribution in [3.8, 4) is 11.4 Å². The molecule has 3 rings (SSSR count). The van der Waals surface area contributed by atoms with Crippen molar-refractivity contribution in [2.45, 2.75) is 24.7 Å². The smallest absolute Gasteiger partial charge is 0.303 e. The average Bonchev–Trinajstić information content (AvgIpc) is 2.90. The van der Waals surface area contributed by atoms with Crippen LogP contribution in [0.25, 0.3) is 11.4 Å². The summed E-state index contributed by atoms with van der Waals surface area (Å²) in [7, 11) is 0. The van der Waals surface area contributed by atoms with E-state index in [0.717, 1.165) is 29.0 Å². The van der Waals surface area contributed by atoms with Crippen molar-refractivity contribution in [1.82, 2.24) is 19.7 Å². The molecule has 0 aliphatic carbocycles. The predicted octanol–water partition coefficient (Wildman–Crippen LogP) is 2.79. The number of fused-ring (bicyclic) bond motifs is 1. The van der Waals surface area contributed by atoms with Crippen molar-refractivity contribution in [1.29, 1.82) is 0 Å². The van der Waals surface area contributed by atoms with Crippen LogP contribution in [0.3, 0.4) is 0 Å². The molecule has 2 aromatic rings. The minimum atomic E-state index is -0.758. The monoisotopic (exact) mass is 338 g/mol. The van der Waals surface area contributed by atoms with E-state index in [9.17, 15) is 4.79 Å². The number of aromatic nitrogens is 3. The first-order valence-electron chi connectivity index (χ1n) is 6.90. The number of rotatable bonds is 5. The number of nitrogens with zero attached hydrogens (tertiary/aromatic N) is 4. The fourth-order valence-electron chi connectivity index (χ4n) is 2.34. The largest absolute Gasteiger partial charge is 0.481 e. The number of thioether (sulfide) groups is 1. The molecule has 1 N–H and O–H groups in total. The Hall–Kier alpha value is -1.57. The van der Waals surface area contributed by atoms with Crippen LogP contribution in [-0.2, 0) is 11.5 Å². The SMILES string of the molecule is O=C(O)CCCN1CSc2nnc(-c3ccccc3Cl)n2C1. The van der Waals surface area contributed by atoms with E-state index in [1.807, 2.05) is 28.8 Å². The summed E-state index contributed by atoms with van der Waals surface area (Å²) in [5.41, 5.74) is 0.857. The second-order valence-electron chi connectivity index (χ2n) is 5.02. The molecular weight excluding hydrogens is 324 g/mol. The van der Waals surface area contributed by atoms with Gasteiger partial charge in [-0.05, 0) is 18.6 Å². The average molecular weight is 339 g/mol. The second-order valence-corrected chi connectivity index (χ2v) is 6.34. The molecule has 22 heavy (non-hydrogen) atoms. The van der Waals surface area contributed by atoms with E-state index in [1.165, 1.54) is 0 Å². The number of aliphatic carboxylic acids is 1. The van der Waals surface area contributed by atoms with Crippen LogP contribution in [-0.4, -0.2) is 43.2 Å². The first kappa shape index (κ1) is 15.3. The quantitative estimate of drug-likeness (QED) is 0.903. The Morgan fingerprint density at radius 1 is 1.36 bits per heavy atom. The predicted molar refractivity (Wildman–Crippen MR) is 84.8 cm³/mol. The summed E-state index contributed by atoms with van der Waals surface area (Å²) in [4.78, 5) is 12.8. The van der Waals surface area contributed by atoms with Crippen molar-refractivity contribution in [2.24, 2.45) is 0 Å². The fourth-order valence-corrected chi connectivity index (χ4v) is 3.47. The summed E-state index contributed by atoms with van der Waals surface area (Å²) in [5, 5.41) is 18.7. The standard InChI is InChI=1S/C14H15ClN4O2S/c15-11-5-2-1-4-10(11)13-16-17-14-19(13)8-18(9-22-14)7-3-6-12(20)21/h1-2,4-5H,3,6-9H2,(H,20,21). The van der Waals surface area contributed by atoms with Gasteiger partial charge in [0.2, 0.25) is 0 Å². The maximum atomic E-state index is 10.6. The zero-order valence-corrected chi connectivity index (χ0v) is 13.3. The highest BCUT2D eigenvalue weighted by atomic mass is 35.5. The molecule has 0 spiro atoms. The van der Waals surface area contributed by atoms with Crippen LogP contribution >= 0.6 is 23.4 Å². The fraction of sp³-hybridized carbons (Fsp3) is 0.357. The molecule has 6 nitrogen and oxygen atoms in total. The van der Waals surface area contributed by atoms with Crippen molar-refractivity contribution >= 4 is 29.3 Å². The number of hydrogen-bond acceptors (Lipinski definition) is 5. The summed E-state index contributed by atoms with van der Waals surface area (Å²) in [6, 6.07) is 7.56. The summed E-state index contributed by atoms with van der Waals surface area (Å²) >= 11 is 7.85. The Balaban J connectivity index is 1.77. The molecular formula is C14H15ClN4O2S. The Bertz CT molecular complexity index is 691. The highest BCUT2D eigenvalue weighted by Crippen LogP contribution is 2.32. The minimum absolute atomic E-state index is 0.188. The molecule has 2 heterocycles. The first-order chi connectivity index (χ1) is 10.6. The lowest BCUT2D eigenvalue weighted by Gasteiger charge is -2.27. The maximum Gasteiger partial charge on any atom is 0.303 e. The minimum Gasteiger partial charge on any atom is -0.481 e. The molecule has 0 amide bonds. The topological polar surface area (TPSA) is 71.2 Å². The lowest BCUT2D eigenvalue weighted by molar-refractivity contribution is -0.137. The Morgan fingerprint density at radius 3 is 2.95 bits per heavy atom. The van der Waals surface area contributed by atoms with Gasteiger partial charge in [0.15, 0.2) is 11.0 Å². The third-order valence-corrected chi connectivity index (χ3v) is 4.80. The van der Waals surface area contributed by atoms with Crippen molar-refractivity contribution < 1.29 is 9.90 Å². The first-order valence-corrected chi connectivity index (χ1v) is 8.26. The van der Waals surface area contributed by atoms with Gasteiger partial charge in [0, 0.05) is 18.5 Å². The van der Waals surface area contributed by atoms with E-state index >= 15 is 0 Å². The normalized spacial score (nSPS) is 14.8. The maximum absolute atomic E-state index is 10.6. The van der Waals surface area contributed by atoms with E-state index < -0.39 is 5.97 Å². The van der Waals surface area contributed by atoms with Crippen LogP contribution in [0.15, 0.2) is 29.4 Å². The van der Waals surface area contributed by atoms with Crippen LogP contribution < -0.4 is 0 Å². The highest BCUT2D eigenvalue weighted by molar-refractivity contribution is 7.99. The Kier molecular flexibility index (Phi) is 4.66. The van der Waals surface area contributed by atoms with E-state index in [1.54, 1.807) is 11.8 Å². The number of carbonyl (C=O) groups is 1. The molecule has 0 radical (unpaired) electrons. The van der Waals surface area contributed by atoms with Gasteiger partial charge in [-0.3, -0.25) is 14.3 Å². The molecule has 0 fully saturated rings. The van der Waals surface area contributed by atoms with Gasteiger partial charge in [-0.25, -0.2) is 0 Å². The Morgan fingerprint density at radius 2 is 2.18 bits per heavy atom. The van der Waals surface area contributed by atoms with Gasteiger partial charge in [0.25, 0.3) is 0 Å². The van der Waals surface area contributed by atoms with Gasteiger partial charge in [0.05, 0.1) is 17.6 Å². The van der Waals surface area contributed by atoms with Gasteiger partial charge in [0.1, 0.15) is 0 Å². The lowest BCUT2D eigenvalue weighted by Crippen LogP contribution is -2.31. The van der Waals surface area contributed by atoms with Crippen molar-refractivity contribution in [2.75, 3.05) is 12.4 Å². The van der Waals surface area contributed by atoms with E-state index in [2.05, 4.69) is 15.1 Å². The van der Waals surface area contributed by atoms with Crippen LogP contribution in [0.1, 0.15) is 12.8 Å². The van der Waals surface area contributed by atoms with Crippen LogP contribution in [0, 0.1) is 0 Å². The van der Waals surface area contributed by atoms with Crippen molar-refractivity contribution in [3.05, 3.63) is 29.3 Å². The van der Waals surface area contributed by atoms with Gasteiger partial charge < -0.3 is 5.11 Å². The van der Waals surface area contributed by atoms with E-state index in [4.69, 9.17) is 16.7 Å². The summed E-state index contributed by atoms with van der Waals surface area (Å²) < 4.78 is 2.02. The van der Waals surface area contributed by atoms with Gasteiger partial charge in [-0.1, -0.05) is 35.5 Å². The number of carboxylic acid groups (broad SMARTS) is 1. The summed E-state index contributed by atoms with van der Waals surface area (Å²) in [5.74, 6) is 0.780. The van der Waals surface area contributed by atoms with Crippen LogP contribution in [0.4, 0.5) is 0 Å². The van der Waals surface area contributed by atoms with Gasteiger partial charge in [-0.2, -0.15) is 0 Å². The zero-order valence-electron chi connectivity index (χ0n) is 11.8. The molecule has 8 heteroatoms. The molecule has 1 aromatic heterocycles. The number of benzene rings is 1. The van der Waals surface area contributed by atoms with Gasteiger partial charge >= 0.3 is 5.97 Å². The number of halogens is 1. The van der Waals surface area contributed by atoms with E-state index in [-0.39, 0.29) is 6.42 Å². The molecule has 1 aliphatic rings. The second kappa shape index (κ2) is 6.68. The summed E-state index contributed by atoms with van der Waals surface area (Å²) in [6.07, 6.45) is 0.822. The molecule has 0 saturated carbocycles. The molecule has 0 bridgehead atoms. The molecule has 1 aliphatic heterocycles. The number of hydrogen-bond donors (Lipinski definition) is 1. The van der Waals surface area contributed by atoms with E-state index in [0.29, 0.717) is 18.1 Å². The van der Waals surface area contributed by atoms with Gasteiger partial charge in [-0.15, -0.1) is 10.2 Å². The molecule has 0 atom stereocenters.